The molecule has 0 amide bonds. The van der Waals surface area contributed by atoms with Gasteiger partial charge in [-0.25, -0.2) is 0 Å². The first-order valence-corrected chi connectivity index (χ1v) is 5.98. The summed E-state index contributed by atoms with van der Waals surface area (Å²) >= 11 is 5.88. The lowest BCUT2D eigenvalue weighted by Crippen LogP contribution is -2.24. The van der Waals surface area contributed by atoms with Crippen LogP contribution in [0, 0.1) is 5.92 Å². The van der Waals surface area contributed by atoms with Gasteiger partial charge in [-0.2, -0.15) is 0 Å². The summed E-state index contributed by atoms with van der Waals surface area (Å²) in [6, 6.07) is 8.38. The summed E-state index contributed by atoms with van der Waals surface area (Å²) in [5.41, 5.74) is 1.27. The topological polar surface area (TPSA) is 21.3 Å². The molecule has 0 spiro atoms. The van der Waals surface area contributed by atoms with Gasteiger partial charge in [0.1, 0.15) is 0 Å². The van der Waals surface area contributed by atoms with Gasteiger partial charge in [-0.1, -0.05) is 30.7 Å². The van der Waals surface area contributed by atoms with E-state index < -0.39 is 0 Å². The van der Waals surface area contributed by atoms with E-state index in [1.807, 2.05) is 19.2 Å². The molecule has 0 fully saturated rings. The standard InChI is InChI=1S/C13H20ClNO/c1-10(8-9-16-3)13(15-2)11-4-6-12(14)7-5-11/h4-7,10,13,15H,8-9H2,1-3H3. The SMILES string of the molecule is CNC(c1ccc(Cl)cc1)C(C)CCOC. The second-order valence-corrected chi connectivity index (χ2v) is 4.51. The van der Waals surface area contributed by atoms with Crippen LogP contribution in [-0.2, 0) is 4.74 Å². The minimum Gasteiger partial charge on any atom is -0.385 e. The number of benzene rings is 1. The zero-order valence-electron chi connectivity index (χ0n) is 10.2. The summed E-state index contributed by atoms with van der Waals surface area (Å²) in [7, 11) is 3.73. The van der Waals surface area contributed by atoms with E-state index in [-0.39, 0.29) is 0 Å². The Morgan fingerprint density at radius 1 is 1.31 bits per heavy atom. The van der Waals surface area contributed by atoms with Crippen LogP contribution in [0.2, 0.25) is 5.02 Å². The van der Waals surface area contributed by atoms with E-state index >= 15 is 0 Å². The Kier molecular flexibility index (Phi) is 5.81. The van der Waals surface area contributed by atoms with Crippen LogP contribution in [0.15, 0.2) is 24.3 Å². The molecule has 0 heterocycles. The van der Waals surface area contributed by atoms with Crippen molar-refractivity contribution < 1.29 is 4.74 Å². The van der Waals surface area contributed by atoms with Crippen LogP contribution in [0.25, 0.3) is 0 Å². The van der Waals surface area contributed by atoms with Gasteiger partial charge in [0, 0.05) is 24.8 Å². The zero-order valence-corrected chi connectivity index (χ0v) is 10.9. The number of methoxy groups -OCH3 is 1. The van der Waals surface area contributed by atoms with Gasteiger partial charge in [-0.3, -0.25) is 0 Å². The second kappa shape index (κ2) is 6.89. The number of nitrogens with one attached hydrogen (secondary N) is 1. The molecule has 90 valence electrons. The van der Waals surface area contributed by atoms with E-state index in [1.165, 1.54) is 5.56 Å². The first kappa shape index (κ1) is 13.5. The van der Waals surface area contributed by atoms with Crippen molar-refractivity contribution in [2.24, 2.45) is 5.92 Å². The molecule has 0 bridgehead atoms. The molecule has 0 saturated heterocycles. The molecule has 1 N–H and O–H groups in total. The van der Waals surface area contributed by atoms with Crippen LogP contribution in [0.5, 0.6) is 0 Å². The highest BCUT2D eigenvalue weighted by Gasteiger charge is 2.16. The number of ether oxygens (including phenoxy) is 1. The van der Waals surface area contributed by atoms with E-state index in [0.29, 0.717) is 12.0 Å². The van der Waals surface area contributed by atoms with E-state index in [1.54, 1.807) is 7.11 Å². The van der Waals surface area contributed by atoms with Crippen LogP contribution in [0.3, 0.4) is 0 Å². The molecule has 2 unspecified atom stereocenters. The molecule has 1 aromatic carbocycles. The highest BCUT2D eigenvalue weighted by Crippen LogP contribution is 2.25. The maximum absolute atomic E-state index is 5.88. The van der Waals surface area contributed by atoms with Gasteiger partial charge < -0.3 is 10.1 Å². The average molecular weight is 242 g/mol. The number of hydrogen-bond acceptors (Lipinski definition) is 2. The van der Waals surface area contributed by atoms with E-state index in [4.69, 9.17) is 16.3 Å². The van der Waals surface area contributed by atoms with Crippen LogP contribution >= 0.6 is 11.6 Å². The Morgan fingerprint density at radius 3 is 2.44 bits per heavy atom. The predicted octanol–water partition coefficient (Wildman–Crippen LogP) is 3.27. The lowest BCUT2D eigenvalue weighted by Gasteiger charge is -2.23. The van der Waals surface area contributed by atoms with Crippen molar-refractivity contribution in [2.75, 3.05) is 20.8 Å². The lowest BCUT2D eigenvalue weighted by molar-refractivity contribution is 0.171. The Hall–Kier alpha value is -0.570. The molecule has 2 nitrogen and oxygen atoms in total. The monoisotopic (exact) mass is 241 g/mol. The maximum atomic E-state index is 5.88. The van der Waals surface area contributed by atoms with E-state index in [0.717, 1.165) is 18.1 Å². The van der Waals surface area contributed by atoms with Crippen LogP contribution < -0.4 is 5.32 Å². The summed E-state index contributed by atoms with van der Waals surface area (Å²) in [6.07, 6.45) is 1.05. The van der Waals surface area contributed by atoms with E-state index in [2.05, 4.69) is 24.4 Å². The molecule has 16 heavy (non-hydrogen) atoms. The molecule has 0 saturated carbocycles. The van der Waals surface area contributed by atoms with Gasteiger partial charge in [0.25, 0.3) is 0 Å². The van der Waals surface area contributed by atoms with Gasteiger partial charge >= 0.3 is 0 Å². The quantitative estimate of drug-likeness (QED) is 0.826. The largest absolute Gasteiger partial charge is 0.385 e. The summed E-state index contributed by atoms with van der Waals surface area (Å²) in [6.45, 7) is 3.03. The molecule has 0 aliphatic heterocycles. The van der Waals surface area contributed by atoms with Crippen molar-refractivity contribution in [3.63, 3.8) is 0 Å². The van der Waals surface area contributed by atoms with Crippen LogP contribution in [0.4, 0.5) is 0 Å². The van der Waals surface area contributed by atoms with Crippen LogP contribution in [-0.4, -0.2) is 20.8 Å². The third-order valence-corrected chi connectivity index (χ3v) is 3.14. The van der Waals surface area contributed by atoms with Crippen LogP contribution in [0.1, 0.15) is 24.9 Å². The minimum absolute atomic E-state index is 0.354. The number of hydrogen-bond donors (Lipinski definition) is 1. The van der Waals surface area contributed by atoms with E-state index in [9.17, 15) is 0 Å². The van der Waals surface area contributed by atoms with Gasteiger partial charge in [0.05, 0.1) is 0 Å². The average Bonchev–Trinajstić information content (AvgIpc) is 2.30. The minimum atomic E-state index is 0.354. The third-order valence-electron chi connectivity index (χ3n) is 2.89. The first-order chi connectivity index (χ1) is 7.69. The summed E-state index contributed by atoms with van der Waals surface area (Å²) in [4.78, 5) is 0. The molecule has 2 atom stereocenters. The van der Waals surface area contributed by atoms with Gasteiger partial charge in [0.15, 0.2) is 0 Å². The molecule has 0 radical (unpaired) electrons. The van der Waals surface area contributed by atoms with Crippen molar-refractivity contribution in [1.82, 2.24) is 5.32 Å². The second-order valence-electron chi connectivity index (χ2n) is 4.08. The lowest BCUT2D eigenvalue weighted by atomic mass is 9.92. The van der Waals surface area contributed by atoms with Crippen molar-refractivity contribution in [3.05, 3.63) is 34.9 Å². The fraction of sp³-hybridized carbons (Fsp3) is 0.538. The Bertz CT molecular complexity index is 299. The first-order valence-electron chi connectivity index (χ1n) is 5.60. The third kappa shape index (κ3) is 3.78. The van der Waals surface area contributed by atoms with Crippen molar-refractivity contribution in [1.29, 1.82) is 0 Å². The van der Waals surface area contributed by atoms with Crippen molar-refractivity contribution in [2.45, 2.75) is 19.4 Å². The molecule has 0 aliphatic rings. The summed E-state index contributed by atoms with van der Waals surface area (Å²) < 4.78 is 5.11. The Balaban J connectivity index is 2.69. The summed E-state index contributed by atoms with van der Waals surface area (Å²) in [5, 5.41) is 4.13. The molecular weight excluding hydrogens is 222 g/mol. The fourth-order valence-electron chi connectivity index (χ4n) is 1.92. The molecular formula is C13H20ClNO. The molecule has 1 rings (SSSR count). The number of halogens is 1. The molecule has 1 aromatic rings. The Morgan fingerprint density at radius 2 is 1.94 bits per heavy atom. The maximum Gasteiger partial charge on any atom is 0.0465 e. The normalized spacial score (nSPS) is 14.8. The number of rotatable bonds is 6. The molecule has 3 heteroatoms. The zero-order chi connectivity index (χ0) is 12.0. The van der Waals surface area contributed by atoms with Gasteiger partial charge in [-0.15, -0.1) is 0 Å². The molecule has 0 aromatic heterocycles. The smallest absolute Gasteiger partial charge is 0.0465 e. The van der Waals surface area contributed by atoms with Gasteiger partial charge in [-0.05, 0) is 37.1 Å². The predicted molar refractivity (Wildman–Crippen MR) is 68.9 cm³/mol. The Labute approximate surface area is 103 Å². The van der Waals surface area contributed by atoms with Crippen molar-refractivity contribution >= 4 is 11.6 Å². The summed E-state index contributed by atoms with van der Waals surface area (Å²) in [5.74, 6) is 0.533. The highest BCUT2D eigenvalue weighted by molar-refractivity contribution is 6.30. The molecule has 0 aliphatic carbocycles. The van der Waals surface area contributed by atoms with Gasteiger partial charge in [0.2, 0.25) is 0 Å². The fourth-order valence-corrected chi connectivity index (χ4v) is 2.05. The van der Waals surface area contributed by atoms with Crippen molar-refractivity contribution in [3.8, 4) is 0 Å². The highest BCUT2D eigenvalue weighted by atomic mass is 35.5.